The number of fused-ring (bicyclic) bond motifs is 1. The van der Waals surface area contributed by atoms with E-state index in [1.807, 2.05) is 33.8 Å². The second-order valence-corrected chi connectivity index (χ2v) is 12.1. The van der Waals surface area contributed by atoms with Gasteiger partial charge in [0, 0.05) is 6.42 Å². The predicted octanol–water partition coefficient (Wildman–Crippen LogP) is 4.52. The minimum Gasteiger partial charge on any atom is -0.511 e. The lowest BCUT2D eigenvalue weighted by Crippen LogP contribution is -2.52. The van der Waals surface area contributed by atoms with Crippen LogP contribution in [0.5, 0.6) is 0 Å². The lowest BCUT2D eigenvalue weighted by atomic mass is 9.61. The van der Waals surface area contributed by atoms with E-state index in [0.29, 0.717) is 19.3 Å². The molecular weight excluding hydrogens is 392 g/mol. The topological polar surface area (TPSA) is 94.8 Å². The summed E-state index contributed by atoms with van der Waals surface area (Å²) in [5.74, 6) is -1.34. The van der Waals surface area contributed by atoms with Crippen LogP contribution in [0.2, 0.25) is 0 Å². The smallest absolute Gasteiger partial charge is 0.178 e. The van der Waals surface area contributed by atoms with Crippen LogP contribution < -0.4 is 0 Å². The molecule has 0 aromatic rings. The summed E-state index contributed by atoms with van der Waals surface area (Å²) in [6, 6.07) is 0. The number of hydrogen-bond donors (Lipinski definition) is 3. The van der Waals surface area contributed by atoms with Crippen molar-refractivity contribution in [2.75, 3.05) is 0 Å². The Kier molecular flexibility index (Phi) is 5.68. The maximum absolute atomic E-state index is 13.8. The third-order valence-corrected chi connectivity index (χ3v) is 8.50. The molecule has 2 saturated carbocycles. The van der Waals surface area contributed by atoms with Crippen LogP contribution in [0.1, 0.15) is 81.1 Å². The van der Waals surface area contributed by atoms with E-state index in [9.17, 15) is 24.9 Å². The van der Waals surface area contributed by atoms with Crippen molar-refractivity contribution in [2.45, 2.75) is 92.8 Å². The number of carbonyl (C=O) groups excluding carboxylic acids is 2. The Hall–Kier alpha value is -1.46. The van der Waals surface area contributed by atoms with E-state index in [2.05, 4.69) is 13.8 Å². The first-order chi connectivity index (χ1) is 14.0. The molecule has 0 amide bonds. The maximum atomic E-state index is 13.8. The van der Waals surface area contributed by atoms with Gasteiger partial charge in [0.1, 0.15) is 5.76 Å². The van der Waals surface area contributed by atoms with Crippen molar-refractivity contribution in [3.63, 3.8) is 0 Å². The van der Waals surface area contributed by atoms with Crippen LogP contribution >= 0.6 is 0 Å². The Morgan fingerprint density at radius 1 is 1.23 bits per heavy atom. The number of rotatable bonds is 6. The number of allylic oxidation sites excluding steroid dienone is 3. The average Bonchev–Trinajstić information content (AvgIpc) is 2.97. The number of hydrogen-bond acceptors (Lipinski definition) is 5. The number of ketones is 2. The van der Waals surface area contributed by atoms with Gasteiger partial charge in [-0.25, -0.2) is 0 Å². The molecule has 0 radical (unpaired) electrons. The van der Waals surface area contributed by atoms with E-state index in [4.69, 9.17) is 0 Å². The van der Waals surface area contributed by atoms with Crippen LogP contribution in [-0.2, 0) is 9.59 Å². The fourth-order valence-corrected chi connectivity index (χ4v) is 7.13. The Bertz CT molecular complexity index is 852. The summed E-state index contributed by atoms with van der Waals surface area (Å²) in [5.41, 5.74) is -2.71. The Morgan fingerprint density at radius 2 is 1.81 bits per heavy atom. The normalized spacial score (nSPS) is 36.7. The molecule has 1 spiro atoms. The molecule has 0 aliphatic heterocycles. The Morgan fingerprint density at radius 3 is 2.29 bits per heavy atom. The highest BCUT2D eigenvalue weighted by Gasteiger charge is 2.77. The van der Waals surface area contributed by atoms with E-state index in [-0.39, 0.29) is 41.3 Å². The quantitative estimate of drug-likeness (QED) is 0.424. The molecular formula is C26H40O5. The molecule has 5 atom stereocenters. The molecule has 31 heavy (non-hydrogen) atoms. The molecule has 0 aromatic carbocycles. The standard InChI is InChI=1S/C26H40O5/c1-14(2)9-10-25-12-18-23(5,6)17(24(7,8)31)13-26(18,22(25)30)21(29)19(20(25)28)16(27)11-15(3)4/h9,15,17-18,22,29-31H,10-13H2,1-8H3/t17-,18-,22?,25?,26+/m1/s1. The van der Waals surface area contributed by atoms with Crippen molar-refractivity contribution in [2.24, 2.45) is 34.0 Å². The van der Waals surface area contributed by atoms with Crippen molar-refractivity contribution in [1.82, 2.24) is 0 Å². The van der Waals surface area contributed by atoms with Gasteiger partial charge in [0.2, 0.25) is 0 Å². The zero-order valence-electron chi connectivity index (χ0n) is 20.4. The molecule has 0 aromatic heterocycles. The monoisotopic (exact) mass is 432 g/mol. The van der Waals surface area contributed by atoms with E-state index in [0.717, 1.165) is 5.57 Å². The molecule has 2 fully saturated rings. The lowest BCUT2D eigenvalue weighted by molar-refractivity contribution is -0.139. The SMILES string of the molecule is CC(C)=CCC12C[C@@H]3C(C)(C)[C@H](C(C)(C)O)C[C@]3(C(O)=C(C(=O)CC(C)C)C1=O)C2O. The van der Waals surface area contributed by atoms with E-state index >= 15 is 0 Å². The first-order valence-corrected chi connectivity index (χ1v) is 11.6. The second kappa shape index (κ2) is 7.28. The summed E-state index contributed by atoms with van der Waals surface area (Å²) in [5, 5.41) is 34.2. The molecule has 5 heteroatoms. The summed E-state index contributed by atoms with van der Waals surface area (Å²) in [6.45, 7) is 15.4. The average molecular weight is 433 g/mol. The first-order valence-electron chi connectivity index (χ1n) is 11.6. The van der Waals surface area contributed by atoms with Crippen molar-refractivity contribution in [1.29, 1.82) is 0 Å². The third kappa shape index (κ3) is 3.26. The van der Waals surface area contributed by atoms with Crippen molar-refractivity contribution >= 4 is 11.6 Å². The van der Waals surface area contributed by atoms with Gasteiger partial charge in [-0.05, 0) is 70.1 Å². The highest BCUT2D eigenvalue weighted by Crippen LogP contribution is 2.75. The minimum atomic E-state index is -1.11. The van der Waals surface area contributed by atoms with Crippen LogP contribution in [0.4, 0.5) is 0 Å². The number of aliphatic hydroxyl groups excluding tert-OH is 2. The molecule has 174 valence electrons. The number of Topliss-reactive ketones (excluding diaryl/α,β-unsaturated/α-hetero) is 2. The largest absolute Gasteiger partial charge is 0.511 e. The summed E-state index contributed by atoms with van der Waals surface area (Å²) in [7, 11) is 0. The maximum Gasteiger partial charge on any atom is 0.178 e. The zero-order chi connectivity index (χ0) is 23.7. The van der Waals surface area contributed by atoms with E-state index in [1.54, 1.807) is 13.8 Å². The van der Waals surface area contributed by atoms with Crippen LogP contribution in [0.15, 0.2) is 23.0 Å². The van der Waals surface area contributed by atoms with Gasteiger partial charge in [-0.2, -0.15) is 0 Å². The fourth-order valence-electron chi connectivity index (χ4n) is 7.13. The van der Waals surface area contributed by atoms with Crippen LogP contribution in [0.3, 0.4) is 0 Å². The van der Waals surface area contributed by atoms with Gasteiger partial charge in [-0.1, -0.05) is 39.3 Å². The van der Waals surface area contributed by atoms with Gasteiger partial charge in [0.05, 0.1) is 28.1 Å². The number of carbonyl (C=O) groups is 2. The van der Waals surface area contributed by atoms with Gasteiger partial charge in [0.25, 0.3) is 0 Å². The van der Waals surface area contributed by atoms with Gasteiger partial charge in [-0.3, -0.25) is 9.59 Å². The lowest BCUT2D eigenvalue weighted by Gasteiger charge is -2.44. The molecule has 2 bridgehead atoms. The van der Waals surface area contributed by atoms with Gasteiger partial charge >= 0.3 is 0 Å². The van der Waals surface area contributed by atoms with Crippen LogP contribution in [-0.4, -0.2) is 38.6 Å². The molecule has 3 rings (SSSR count). The molecule has 3 N–H and O–H groups in total. The number of aliphatic hydroxyl groups is 3. The molecule has 3 aliphatic rings. The van der Waals surface area contributed by atoms with E-state index in [1.165, 1.54) is 0 Å². The Balaban J connectivity index is 2.27. The zero-order valence-corrected chi connectivity index (χ0v) is 20.4. The van der Waals surface area contributed by atoms with Crippen molar-refractivity contribution < 1.29 is 24.9 Å². The van der Waals surface area contributed by atoms with Gasteiger partial charge in [-0.15, -0.1) is 0 Å². The summed E-state index contributed by atoms with van der Waals surface area (Å²) < 4.78 is 0. The molecule has 2 unspecified atom stereocenters. The first kappa shape index (κ1) is 24.2. The molecule has 0 heterocycles. The summed E-state index contributed by atoms with van der Waals surface area (Å²) in [6.07, 6.45) is 2.16. The van der Waals surface area contributed by atoms with Crippen molar-refractivity contribution in [3.8, 4) is 0 Å². The van der Waals surface area contributed by atoms with Crippen molar-refractivity contribution in [3.05, 3.63) is 23.0 Å². The molecule has 5 nitrogen and oxygen atoms in total. The predicted molar refractivity (Wildman–Crippen MR) is 120 cm³/mol. The molecule has 0 saturated heterocycles. The third-order valence-electron chi connectivity index (χ3n) is 8.50. The fraction of sp³-hybridized carbons (Fsp3) is 0.769. The minimum absolute atomic E-state index is 0.0521. The van der Waals surface area contributed by atoms with Gasteiger partial charge < -0.3 is 15.3 Å². The summed E-state index contributed by atoms with van der Waals surface area (Å²) >= 11 is 0. The molecule has 3 aliphatic carbocycles. The van der Waals surface area contributed by atoms with Gasteiger partial charge in [0.15, 0.2) is 11.6 Å². The van der Waals surface area contributed by atoms with Crippen LogP contribution in [0, 0.1) is 34.0 Å². The highest BCUT2D eigenvalue weighted by molar-refractivity contribution is 6.23. The highest BCUT2D eigenvalue weighted by atomic mass is 16.3. The summed E-state index contributed by atoms with van der Waals surface area (Å²) in [4.78, 5) is 27.0. The Labute approximate surface area is 186 Å². The second-order valence-electron chi connectivity index (χ2n) is 12.1. The van der Waals surface area contributed by atoms with E-state index < -0.39 is 33.7 Å². The van der Waals surface area contributed by atoms with Crippen LogP contribution in [0.25, 0.3) is 0 Å².